The van der Waals surface area contributed by atoms with Crippen molar-refractivity contribution in [1.29, 1.82) is 0 Å². The Balaban J connectivity index is 2.39. The first-order valence-electron chi connectivity index (χ1n) is 4.87. The summed E-state index contributed by atoms with van der Waals surface area (Å²) in [5.41, 5.74) is 0.950. The largest absolute Gasteiger partial charge is 0.365 e. The van der Waals surface area contributed by atoms with Crippen molar-refractivity contribution in [1.82, 2.24) is 10.2 Å². The fourth-order valence-electron chi connectivity index (χ4n) is 1.06. The van der Waals surface area contributed by atoms with Gasteiger partial charge in [-0.1, -0.05) is 6.92 Å². The minimum atomic E-state index is 0.442. The van der Waals surface area contributed by atoms with Crippen LogP contribution in [0, 0.1) is 6.92 Å². The van der Waals surface area contributed by atoms with E-state index < -0.39 is 0 Å². The standard InChI is InChI=1S/C10H17N3S/c1-4-14-7-9(3)11-10-6-5-8(2)12-13-10/h5-6,9H,4,7H2,1-3H3,(H,11,13). The van der Waals surface area contributed by atoms with Gasteiger partial charge in [-0.05, 0) is 31.7 Å². The van der Waals surface area contributed by atoms with Gasteiger partial charge in [-0.25, -0.2) is 0 Å². The first-order valence-corrected chi connectivity index (χ1v) is 6.02. The van der Waals surface area contributed by atoms with Crippen LogP contribution in [0.2, 0.25) is 0 Å². The van der Waals surface area contributed by atoms with Gasteiger partial charge in [0.15, 0.2) is 0 Å². The Bertz CT molecular complexity index is 261. The van der Waals surface area contributed by atoms with E-state index in [0.29, 0.717) is 6.04 Å². The van der Waals surface area contributed by atoms with E-state index in [-0.39, 0.29) is 0 Å². The quantitative estimate of drug-likeness (QED) is 0.811. The van der Waals surface area contributed by atoms with E-state index in [2.05, 4.69) is 29.4 Å². The van der Waals surface area contributed by atoms with E-state index in [0.717, 1.165) is 23.0 Å². The van der Waals surface area contributed by atoms with Gasteiger partial charge in [-0.15, -0.1) is 5.10 Å². The second-order valence-corrected chi connectivity index (χ2v) is 4.58. The Kier molecular flexibility index (Phi) is 4.73. The van der Waals surface area contributed by atoms with Crippen LogP contribution in [0.25, 0.3) is 0 Å². The number of aromatic nitrogens is 2. The van der Waals surface area contributed by atoms with Gasteiger partial charge in [0.2, 0.25) is 0 Å². The molecular weight excluding hydrogens is 194 g/mol. The molecule has 0 aliphatic heterocycles. The third-order valence-corrected chi connectivity index (χ3v) is 2.91. The molecule has 0 spiro atoms. The van der Waals surface area contributed by atoms with Crippen LogP contribution in [0.3, 0.4) is 0 Å². The van der Waals surface area contributed by atoms with Gasteiger partial charge in [0.1, 0.15) is 5.82 Å². The zero-order valence-electron chi connectivity index (χ0n) is 8.95. The molecule has 0 bridgehead atoms. The maximum absolute atomic E-state index is 4.06. The topological polar surface area (TPSA) is 37.8 Å². The number of rotatable bonds is 5. The Morgan fingerprint density at radius 2 is 2.21 bits per heavy atom. The number of thioether (sulfide) groups is 1. The van der Waals surface area contributed by atoms with Crippen molar-refractivity contribution in [2.45, 2.75) is 26.8 Å². The number of nitrogens with zero attached hydrogens (tertiary/aromatic N) is 2. The fraction of sp³-hybridized carbons (Fsp3) is 0.600. The van der Waals surface area contributed by atoms with Gasteiger partial charge in [-0.2, -0.15) is 16.9 Å². The number of hydrogen-bond acceptors (Lipinski definition) is 4. The van der Waals surface area contributed by atoms with Crippen molar-refractivity contribution < 1.29 is 0 Å². The molecule has 1 unspecified atom stereocenters. The van der Waals surface area contributed by atoms with Gasteiger partial charge in [0.25, 0.3) is 0 Å². The molecule has 1 aromatic heterocycles. The minimum Gasteiger partial charge on any atom is -0.365 e. The Hall–Kier alpha value is -0.770. The summed E-state index contributed by atoms with van der Waals surface area (Å²) in [6.45, 7) is 6.26. The molecule has 1 heterocycles. The van der Waals surface area contributed by atoms with Gasteiger partial charge in [0.05, 0.1) is 5.69 Å². The molecule has 1 aromatic rings. The second kappa shape index (κ2) is 5.86. The summed E-state index contributed by atoms with van der Waals surface area (Å²) in [5, 5.41) is 11.4. The second-order valence-electron chi connectivity index (χ2n) is 3.26. The zero-order valence-corrected chi connectivity index (χ0v) is 9.77. The van der Waals surface area contributed by atoms with Crippen LogP contribution < -0.4 is 5.32 Å². The molecule has 0 radical (unpaired) electrons. The summed E-state index contributed by atoms with van der Waals surface area (Å²) >= 11 is 1.93. The molecule has 0 aromatic carbocycles. The predicted molar refractivity (Wildman–Crippen MR) is 62.9 cm³/mol. The molecule has 0 saturated carbocycles. The normalized spacial score (nSPS) is 12.5. The van der Waals surface area contributed by atoms with Gasteiger partial charge >= 0.3 is 0 Å². The molecule has 0 aliphatic carbocycles. The van der Waals surface area contributed by atoms with Crippen LogP contribution in [-0.2, 0) is 0 Å². The molecule has 4 heteroatoms. The highest BCUT2D eigenvalue weighted by Gasteiger charge is 2.02. The van der Waals surface area contributed by atoms with Crippen molar-refractivity contribution in [2.24, 2.45) is 0 Å². The first kappa shape index (κ1) is 11.3. The Labute approximate surface area is 89.7 Å². The number of hydrogen-bond donors (Lipinski definition) is 1. The summed E-state index contributed by atoms with van der Waals surface area (Å²) in [7, 11) is 0. The molecule has 14 heavy (non-hydrogen) atoms. The van der Waals surface area contributed by atoms with Crippen molar-refractivity contribution in [3.05, 3.63) is 17.8 Å². The van der Waals surface area contributed by atoms with Crippen LogP contribution in [-0.4, -0.2) is 27.7 Å². The predicted octanol–water partition coefficient (Wildman–Crippen LogP) is 2.34. The molecule has 0 fully saturated rings. The van der Waals surface area contributed by atoms with Crippen LogP contribution in [0.4, 0.5) is 5.82 Å². The average Bonchev–Trinajstić information content (AvgIpc) is 2.18. The van der Waals surface area contributed by atoms with Crippen LogP contribution in [0.1, 0.15) is 19.5 Å². The third-order valence-electron chi connectivity index (χ3n) is 1.76. The molecule has 0 aliphatic rings. The minimum absolute atomic E-state index is 0.442. The van der Waals surface area contributed by atoms with E-state index in [1.807, 2.05) is 30.8 Å². The highest BCUT2D eigenvalue weighted by molar-refractivity contribution is 7.99. The highest BCUT2D eigenvalue weighted by atomic mass is 32.2. The first-order chi connectivity index (χ1) is 6.72. The van der Waals surface area contributed by atoms with Gasteiger partial charge in [-0.3, -0.25) is 0 Å². The lowest BCUT2D eigenvalue weighted by Gasteiger charge is -2.12. The van der Waals surface area contributed by atoms with E-state index >= 15 is 0 Å². The Morgan fingerprint density at radius 1 is 1.43 bits per heavy atom. The highest BCUT2D eigenvalue weighted by Crippen LogP contribution is 2.07. The number of nitrogens with one attached hydrogen (secondary N) is 1. The molecule has 1 atom stereocenters. The SMILES string of the molecule is CCSCC(C)Nc1ccc(C)nn1. The fourth-order valence-corrected chi connectivity index (χ4v) is 1.74. The van der Waals surface area contributed by atoms with Crippen molar-refractivity contribution in [2.75, 3.05) is 16.8 Å². The molecule has 1 rings (SSSR count). The van der Waals surface area contributed by atoms with E-state index in [1.165, 1.54) is 0 Å². The van der Waals surface area contributed by atoms with Gasteiger partial charge < -0.3 is 5.32 Å². The molecule has 1 N–H and O–H groups in total. The van der Waals surface area contributed by atoms with E-state index in [4.69, 9.17) is 0 Å². The molecule has 0 saturated heterocycles. The number of aryl methyl sites for hydroxylation is 1. The maximum atomic E-state index is 4.06. The van der Waals surface area contributed by atoms with E-state index in [9.17, 15) is 0 Å². The monoisotopic (exact) mass is 211 g/mol. The maximum Gasteiger partial charge on any atom is 0.148 e. The summed E-state index contributed by atoms with van der Waals surface area (Å²) in [4.78, 5) is 0. The summed E-state index contributed by atoms with van der Waals surface area (Å²) < 4.78 is 0. The van der Waals surface area contributed by atoms with Crippen molar-refractivity contribution in [3.8, 4) is 0 Å². The average molecular weight is 211 g/mol. The smallest absolute Gasteiger partial charge is 0.148 e. The molecule has 3 nitrogen and oxygen atoms in total. The van der Waals surface area contributed by atoms with Crippen LogP contribution in [0.5, 0.6) is 0 Å². The number of anilines is 1. The lowest BCUT2D eigenvalue weighted by molar-refractivity contribution is 0.877. The van der Waals surface area contributed by atoms with Gasteiger partial charge in [0, 0.05) is 11.8 Å². The summed E-state index contributed by atoms with van der Waals surface area (Å²) in [6.07, 6.45) is 0. The zero-order chi connectivity index (χ0) is 10.4. The van der Waals surface area contributed by atoms with Crippen molar-refractivity contribution in [3.63, 3.8) is 0 Å². The third kappa shape index (κ3) is 3.96. The summed E-state index contributed by atoms with van der Waals surface area (Å²) in [6, 6.07) is 4.38. The Morgan fingerprint density at radius 3 is 2.79 bits per heavy atom. The summed E-state index contributed by atoms with van der Waals surface area (Å²) in [5.74, 6) is 3.12. The lowest BCUT2D eigenvalue weighted by atomic mass is 10.3. The van der Waals surface area contributed by atoms with E-state index in [1.54, 1.807) is 0 Å². The molecule has 78 valence electrons. The molecular formula is C10H17N3S. The lowest BCUT2D eigenvalue weighted by Crippen LogP contribution is -2.19. The van der Waals surface area contributed by atoms with Crippen LogP contribution >= 0.6 is 11.8 Å². The van der Waals surface area contributed by atoms with Crippen molar-refractivity contribution >= 4 is 17.6 Å². The molecule has 0 amide bonds. The van der Waals surface area contributed by atoms with Crippen LogP contribution in [0.15, 0.2) is 12.1 Å².